The van der Waals surface area contributed by atoms with E-state index in [1.807, 2.05) is 0 Å². The Labute approximate surface area is 42.7 Å². The molecule has 1 atom stereocenters. The van der Waals surface area contributed by atoms with Gasteiger partial charge in [-0.1, -0.05) is 0 Å². The van der Waals surface area contributed by atoms with Gasteiger partial charge in [0.2, 0.25) is 0 Å². The summed E-state index contributed by atoms with van der Waals surface area (Å²) in [6, 6.07) is 0. The molecule has 0 aromatic rings. The molecule has 4 heteroatoms. The van der Waals surface area contributed by atoms with Gasteiger partial charge in [-0.15, -0.1) is 5.16 Å². The van der Waals surface area contributed by atoms with Crippen LogP contribution in [0.2, 0.25) is 0 Å². The fraction of sp³-hybridized carbons (Fsp3) is 0.667. The summed E-state index contributed by atoms with van der Waals surface area (Å²) in [6.07, 6.45) is 1.12. The monoisotopic (exact) mass is 119 g/mol. The molecule has 0 aliphatic heterocycles. The van der Waals surface area contributed by atoms with Crippen LogP contribution in [0, 0.1) is 5.16 Å². The molecule has 0 saturated heterocycles. The Morgan fingerprint density at radius 2 is 2.43 bits per heavy atom. The Morgan fingerprint density at radius 3 is 2.57 bits per heavy atom. The third kappa shape index (κ3) is 5.73. The Morgan fingerprint density at radius 1 is 1.86 bits per heavy atom. The third-order valence-electron chi connectivity index (χ3n) is 0.450. The van der Waals surface area contributed by atoms with Gasteiger partial charge in [0.1, 0.15) is 12.4 Å². The Hall–Kier alpha value is -0.270. The molecular weight excluding hydrogens is 113 g/mol. The lowest BCUT2D eigenvalue weighted by Crippen LogP contribution is -1.90. The van der Waals surface area contributed by atoms with Gasteiger partial charge in [-0.3, -0.25) is 0 Å². The molecule has 1 unspecified atom stereocenters. The molecule has 0 rings (SSSR count). The van der Waals surface area contributed by atoms with Crippen molar-refractivity contribution in [2.75, 3.05) is 6.16 Å². The Balaban J connectivity index is 2.97. The summed E-state index contributed by atoms with van der Waals surface area (Å²) in [4.78, 5) is 19.4. The highest BCUT2D eigenvalue weighted by molar-refractivity contribution is 7.37. The van der Waals surface area contributed by atoms with E-state index in [4.69, 9.17) is 5.16 Å². The first-order chi connectivity index (χ1) is 3.27. The van der Waals surface area contributed by atoms with Gasteiger partial charge >= 0.3 is 0 Å². The molecule has 0 bridgehead atoms. The Bertz CT molecular complexity index is 83.0. The number of rotatable bonds is 3. The molecular formula is C3H6NO2P. The minimum absolute atomic E-state index is 0.207. The van der Waals surface area contributed by atoms with Crippen molar-refractivity contribution in [2.24, 2.45) is 0 Å². The van der Waals surface area contributed by atoms with Crippen molar-refractivity contribution in [1.82, 2.24) is 0 Å². The van der Waals surface area contributed by atoms with Crippen LogP contribution in [0.25, 0.3) is 0 Å². The second-order valence-corrected chi connectivity index (χ2v) is 2.26. The fourth-order valence-corrected chi connectivity index (χ4v) is 0.510. The molecule has 0 aliphatic rings. The predicted molar refractivity (Wildman–Crippen MR) is 25.2 cm³/mol. The number of hydrogen-bond acceptors (Lipinski definition) is 3. The van der Waals surface area contributed by atoms with Gasteiger partial charge in [-0.05, 0) is 0 Å². The summed E-state index contributed by atoms with van der Waals surface area (Å²) in [5.74, 6) is 0. The van der Waals surface area contributed by atoms with Crippen LogP contribution >= 0.6 is 7.94 Å². The molecule has 0 aliphatic carbocycles. The number of aldehydes is 1. The van der Waals surface area contributed by atoms with Gasteiger partial charge in [0, 0.05) is 6.42 Å². The van der Waals surface area contributed by atoms with E-state index in [9.17, 15) is 9.69 Å². The van der Waals surface area contributed by atoms with Crippen LogP contribution in [-0.4, -0.2) is 12.4 Å². The predicted octanol–water partition coefficient (Wildman–Crippen LogP) is 0.0950. The van der Waals surface area contributed by atoms with Gasteiger partial charge in [-0.2, -0.15) is 0 Å². The molecule has 1 N–H and O–H groups in total. The van der Waals surface area contributed by atoms with Gasteiger partial charge in [0.25, 0.3) is 0 Å². The van der Waals surface area contributed by atoms with E-state index in [1.54, 1.807) is 0 Å². The van der Waals surface area contributed by atoms with E-state index in [0.29, 0.717) is 6.29 Å². The zero-order valence-corrected chi connectivity index (χ0v) is 4.65. The number of carbonyl (C=O) groups excluding carboxylic acids is 1. The molecule has 0 spiro atoms. The fourth-order valence-electron chi connectivity index (χ4n) is 0.170. The standard InChI is InChI=1S/C3H6NO2P/c4-7(6)3-1-2-5/h2,4H,1,3H2. The summed E-state index contributed by atoms with van der Waals surface area (Å²) in [7, 11) is -1.84. The van der Waals surface area contributed by atoms with Crippen LogP contribution in [0.1, 0.15) is 6.42 Å². The lowest BCUT2D eigenvalue weighted by molar-refractivity contribution is -0.156. The lowest BCUT2D eigenvalue weighted by Gasteiger charge is -1.82. The molecule has 3 nitrogen and oxygen atoms in total. The second kappa shape index (κ2) is 3.90. The largest absolute Gasteiger partial charge is 0.612 e. The first kappa shape index (κ1) is 6.73. The number of carbonyl (C=O) groups is 1. The van der Waals surface area contributed by atoms with Crippen LogP contribution in [0.15, 0.2) is 0 Å². The zero-order chi connectivity index (χ0) is 5.70. The molecule has 7 heavy (non-hydrogen) atoms. The van der Waals surface area contributed by atoms with Gasteiger partial charge in [0.05, 0.1) is 0 Å². The highest BCUT2D eigenvalue weighted by atomic mass is 31.1. The smallest absolute Gasteiger partial charge is 0.160 e. The maximum Gasteiger partial charge on any atom is 0.160 e. The summed E-state index contributed by atoms with van der Waals surface area (Å²) >= 11 is 0. The number of hydrogen-bond donors (Lipinski definition) is 1. The highest BCUT2D eigenvalue weighted by Crippen LogP contribution is 2.06. The van der Waals surface area contributed by atoms with E-state index >= 15 is 0 Å². The molecule has 0 fully saturated rings. The van der Waals surface area contributed by atoms with Crippen LogP contribution < -0.4 is 4.89 Å². The summed E-state index contributed by atoms with van der Waals surface area (Å²) in [5, 5.41) is 6.43. The average Bonchev–Trinajstić information content (AvgIpc) is 1.61. The molecule has 0 aromatic heterocycles. The first-order valence-electron chi connectivity index (χ1n) is 1.87. The van der Waals surface area contributed by atoms with Crippen LogP contribution in [0.5, 0.6) is 0 Å². The van der Waals surface area contributed by atoms with E-state index in [1.165, 1.54) is 0 Å². The van der Waals surface area contributed by atoms with Crippen molar-refractivity contribution < 1.29 is 9.69 Å². The molecule has 0 aromatic carbocycles. The molecule has 0 radical (unpaired) electrons. The van der Waals surface area contributed by atoms with E-state index in [0.717, 1.165) is 0 Å². The molecule has 40 valence electrons. The van der Waals surface area contributed by atoms with Crippen molar-refractivity contribution in [3.05, 3.63) is 0 Å². The van der Waals surface area contributed by atoms with Crippen molar-refractivity contribution in [1.29, 1.82) is 5.16 Å². The number of nitrogens with one attached hydrogen (secondary N) is 1. The van der Waals surface area contributed by atoms with Crippen LogP contribution in [0.4, 0.5) is 0 Å². The topological polar surface area (TPSA) is 64.0 Å². The molecule has 0 saturated carbocycles. The SMILES string of the molecule is N=[P+]([O-])CCC=O. The van der Waals surface area contributed by atoms with Gasteiger partial charge in [0.15, 0.2) is 7.94 Å². The van der Waals surface area contributed by atoms with E-state index in [-0.39, 0.29) is 12.6 Å². The van der Waals surface area contributed by atoms with E-state index < -0.39 is 7.94 Å². The van der Waals surface area contributed by atoms with E-state index in [2.05, 4.69) is 0 Å². The van der Waals surface area contributed by atoms with Crippen molar-refractivity contribution in [2.45, 2.75) is 6.42 Å². The van der Waals surface area contributed by atoms with Gasteiger partial charge in [-0.25, -0.2) is 0 Å². The maximum absolute atomic E-state index is 9.86. The minimum atomic E-state index is -1.84. The molecule has 0 amide bonds. The first-order valence-corrected chi connectivity index (χ1v) is 3.31. The van der Waals surface area contributed by atoms with Crippen molar-refractivity contribution >= 4 is 14.2 Å². The average molecular weight is 119 g/mol. The second-order valence-electron chi connectivity index (χ2n) is 1.06. The Kier molecular flexibility index (Phi) is 3.75. The quantitative estimate of drug-likeness (QED) is 0.422. The normalized spacial score (nSPS) is 10.7. The van der Waals surface area contributed by atoms with Crippen LogP contribution in [0.3, 0.4) is 0 Å². The molecule has 0 heterocycles. The highest BCUT2D eigenvalue weighted by Gasteiger charge is 1.89. The summed E-state index contributed by atoms with van der Waals surface area (Å²) in [6.45, 7) is 0. The summed E-state index contributed by atoms with van der Waals surface area (Å²) in [5.41, 5.74) is 0. The minimum Gasteiger partial charge on any atom is -0.612 e. The summed E-state index contributed by atoms with van der Waals surface area (Å²) < 4.78 is 0. The van der Waals surface area contributed by atoms with Crippen molar-refractivity contribution in [3.63, 3.8) is 0 Å². The zero-order valence-electron chi connectivity index (χ0n) is 3.76. The van der Waals surface area contributed by atoms with Crippen molar-refractivity contribution in [3.8, 4) is 0 Å². The van der Waals surface area contributed by atoms with Crippen LogP contribution in [-0.2, 0) is 4.79 Å². The third-order valence-corrected chi connectivity index (χ3v) is 1.11. The van der Waals surface area contributed by atoms with Gasteiger partial charge < -0.3 is 9.69 Å². The maximum atomic E-state index is 9.86. The lowest BCUT2D eigenvalue weighted by atomic mass is 10.6.